The van der Waals surface area contributed by atoms with Crippen LogP contribution in [0.15, 0.2) is 47.5 Å². The van der Waals surface area contributed by atoms with Gasteiger partial charge >= 0.3 is 0 Å². The number of nitrogens with two attached hydrogens (primary N) is 2. The van der Waals surface area contributed by atoms with Crippen LogP contribution < -0.4 is 11.5 Å². The van der Waals surface area contributed by atoms with Gasteiger partial charge in [0.1, 0.15) is 11.6 Å². The third kappa shape index (κ3) is 3.94. The zero-order valence-electron chi connectivity index (χ0n) is 10.4. The van der Waals surface area contributed by atoms with Crippen molar-refractivity contribution in [3.8, 4) is 0 Å². The highest BCUT2D eigenvalue weighted by Crippen LogP contribution is 2.22. The molecule has 0 aliphatic rings. The van der Waals surface area contributed by atoms with E-state index >= 15 is 0 Å². The summed E-state index contributed by atoms with van der Waals surface area (Å²) >= 11 is 1.42. The van der Waals surface area contributed by atoms with Gasteiger partial charge in [0.15, 0.2) is 0 Å². The maximum absolute atomic E-state index is 13.4. The smallest absolute Gasteiger partial charge is 0.136 e. The van der Waals surface area contributed by atoms with Crippen LogP contribution in [-0.4, -0.2) is 16.8 Å². The Balaban J connectivity index is 1.90. The molecule has 1 aromatic carbocycles. The van der Waals surface area contributed by atoms with Crippen molar-refractivity contribution in [2.45, 2.75) is 17.4 Å². The number of benzene rings is 1. The Morgan fingerprint density at radius 3 is 2.74 bits per heavy atom. The lowest BCUT2D eigenvalue weighted by Gasteiger charge is -2.12. The van der Waals surface area contributed by atoms with Crippen LogP contribution in [-0.2, 0) is 6.42 Å². The van der Waals surface area contributed by atoms with Gasteiger partial charge in [-0.2, -0.15) is 0 Å². The van der Waals surface area contributed by atoms with Gasteiger partial charge in [-0.1, -0.05) is 18.2 Å². The van der Waals surface area contributed by atoms with Gasteiger partial charge in [-0.25, -0.2) is 9.37 Å². The number of halogens is 1. The van der Waals surface area contributed by atoms with Gasteiger partial charge in [0.2, 0.25) is 0 Å². The predicted molar refractivity (Wildman–Crippen MR) is 77.5 cm³/mol. The summed E-state index contributed by atoms with van der Waals surface area (Å²) in [7, 11) is 0. The first kappa shape index (κ1) is 13.8. The Kier molecular flexibility index (Phi) is 4.76. The molecule has 1 unspecified atom stereocenters. The molecule has 0 spiro atoms. The van der Waals surface area contributed by atoms with E-state index < -0.39 is 0 Å². The molecular formula is C14H16FN3S. The Morgan fingerprint density at radius 1 is 1.21 bits per heavy atom. The lowest BCUT2D eigenvalue weighted by molar-refractivity contribution is 0.601. The molecule has 3 nitrogen and oxygen atoms in total. The highest BCUT2D eigenvalue weighted by Gasteiger charge is 2.09. The third-order valence-electron chi connectivity index (χ3n) is 2.70. The molecule has 100 valence electrons. The van der Waals surface area contributed by atoms with Crippen molar-refractivity contribution in [2.75, 3.05) is 11.5 Å². The zero-order chi connectivity index (χ0) is 13.7. The second-order valence-electron chi connectivity index (χ2n) is 4.25. The van der Waals surface area contributed by atoms with Crippen LogP contribution in [0.25, 0.3) is 0 Å². The number of thioether (sulfide) groups is 1. The monoisotopic (exact) mass is 277 g/mol. The highest BCUT2D eigenvalue weighted by molar-refractivity contribution is 7.99. The van der Waals surface area contributed by atoms with E-state index in [-0.39, 0.29) is 11.9 Å². The first-order valence-electron chi connectivity index (χ1n) is 5.99. The van der Waals surface area contributed by atoms with Crippen LogP contribution in [0.1, 0.15) is 5.56 Å². The van der Waals surface area contributed by atoms with E-state index in [1.807, 2.05) is 18.2 Å². The van der Waals surface area contributed by atoms with Gasteiger partial charge in [0.25, 0.3) is 0 Å². The number of aromatic nitrogens is 1. The van der Waals surface area contributed by atoms with Gasteiger partial charge in [-0.05, 0) is 30.2 Å². The molecule has 1 heterocycles. The van der Waals surface area contributed by atoms with Crippen molar-refractivity contribution >= 4 is 17.6 Å². The average molecular weight is 277 g/mol. The summed E-state index contributed by atoms with van der Waals surface area (Å²) in [6.45, 7) is 0. The Morgan fingerprint density at radius 2 is 2.00 bits per heavy atom. The molecule has 4 N–H and O–H groups in total. The molecule has 0 aliphatic heterocycles. The van der Waals surface area contributed by atoms with E-state index in [1.54, 1.807) is 18.3 Å². The summed E-state index contributed by atoms with van der Waals surface area (Å²) in [6, 6.07) is 10.4. The molecule has 0 saturated carbocycles. The first-order chi connectivity index (χ1) is 9.16. The van der Waals surface area contributed by atoms with Crippen LogP contribution in [0.4, 0.5) is 10.2 Å². The lowest BCUT2D eigenvalue weighted by Crippen LogP contribution is -2.26. The van der Waals surface area contributed by atoms with Gasteiger partial charge in [0, 0.05) is 22.9 Å². The Labute approximate surface area is 116 Å². The molecule has 0 saturated heterocycles. The molecule has 2 aromatic rings. The quantitative estimate of drug-likeness (QED) is 0.824. The number of rotatable bonds is 5. The summed E-state index contributed by atoms with van der Waals surface area (Å²) in [5.41, 5.74) is 12.7. The van der Waals surface area contributed by atoms with Gasteiger partial charge in [0.05, 0.1) is 0 Å². The Bertz CT molecular complexity index is 548. The van der Waals surface area contributed by atoms with E-state index in [1.165, 1.54) is 17.8 Å². The van der Waals surface area contributed by atoms with E-state index in [2.05, 4.69) is 4.98 Å². The minimum Gasteiger partial charge on any atom is -0.383 e. The van der Waals surface area contributed by atoms with Crippen molar-refractivity contribution in [1.29, 1.82) is 0 Å². The minimum atomic E-state index is -0.208. The molecule has 1 aromatic heterocycles. The molecule has 19 heavy (non-hydrogen) atoms. The summed E-state index contributed by atoms with van der Waals surface area (Å²) < 4.78 is 13.4. The summed E-state index contributed by atoms with van der Waals surface area (Å²) in [4.78, 5) is 4.64. The van der Waals surface area contributed by atoms with Gasteiger partial charge < -0.3 is 11.5 Å². The summed E-state index contributed by atoms with van der Waals surface area (Å²) in [6.07, 6.45) is 2.29. The number of nitrogens with zero attached hydrogens (tertiary/aromatic N) is 1. The molecule has 0 amide bonds. The maximum atomic E-state index is 13.4. The largest absolute Gasteiger partial charge is 0.383 e. The van der Waals surface area contributed by atoms with E-state index in [0.29, 0.717) is 22.9 Å². The SMILES string of the molecule is Nc1ncccc1CC(N)CSc1ccccc1F. The van der Waals surface area contributed by atoms with Gasteiger partial charge in [-0.3, -0.25) is 0 Å². The van der Waals surface area contributed by atoms with Crippen LogP contribution in [0.3, 0.4) is 0 Å². The molecule has 1 atom stereocenters. The topological polar surface area (TPSA) is 64.9 Å². The number of hydrogen-bond donors (Lipinski definition) is 2. The molecule has 0 bridgehead atoms. The lowest BCUT2D eigenvalue weighted by atomic mass is 10.1. The summed E-state index contributed by atoms with van der Waals surface area (Å²) in [5.74, 6) is 0.935. The fourth-order valence-corrected chi connectivity index (χ4v) is 2.62. The van der Waals surface area contributed by atoms with Crippen LogP contribution >= 0.6 is 11.8 Å². The van der Waals surface area contributed by atoms with Crippen LogP contribution in [0, 0.1) is 5.82 Å². The first-order valence-corrected chi connectivity index (χ1v) is 6.97. The molecule has 0 fully saturated rings. The van der Waals surface area contributed by atoms with Crippen molar-refractivity contribution in [3.05, 3.63) is 54.0 Å². The molecular weight excluding hydrogens is 261 g/mol. The molecule has 0 aliphatic carbocycles. The second kappa shape index (κ2) is 6.54. The predicted octanol–water partition coefficient (Wildman–Crippen LogP) is 2.47. The van der Waals surface area contributed by atoms with Crippen LogP contribution in [0.5, 0.6) is 0 Å². The van der Waals surface area contributed by atoms with Crippen molar-refractivity contribution in [3.63, 3.8) is 0 Å². The average Bonchev–Trinajstić information content (AvgIpc) is 2.40. The molecule has 5 heteroatoms. The van der Waals surface area contributed by atoms with Crippen LogP contribution in [0.2, 0.25) is 0 Å². The third-order valence-corrected chi connectivity index (χ3v) is 3.93. The molecule has 0 radical (unpaired) electrons. The zero-order valence-corrected chi connectivity index (χ0v) is 11.2. The van der Waals surface area contributed by atoms with Crippen molar-refractivity contribution < 1.29 is 4.39 Å². The minimum absolute atomic E-state index is 0.0869. The number of hydrogen-bond acceptors (Lipinski definition) is 4. The normalized spacial score (nSPS) is 12.3. The van der Waals surface area contributed by atoms with Crippen molar-refractivity contribution in [1.82, 2.24) is 4.98 Å². The fourth-order valence-electron chi connectivity index (χ4n) is 1.72. The molecule has 2 rings (SSSR count). The summed E-state index contributed by atoms with van der Waals surface area (Å²) in [5, 5.41) is 0. The fraction of sp³-hybridized carbons (Fsp3) is 0.214. The Hall–Kier alpha value is -1.59. The highest BCUT2D eigenvalue weighted by atomic mass is 32.2. The van der Waals surface area contributed by atoms with E-state index in [4.69, 9.17) is 11.5 Å². The number of anilines is 1. The number of pyridine rings is 1. The number of nitrogen functional groups attached to an aromatic ring is 1. The standard InChI is InChI=1S/C14H16FN3S/c15-12-5-1-2-6-13(12)19-9-11(16)8-10-4-3-7-18-14(10)17/h1-7,11H,8-9,16H2,(H2,17,18). The van der Waals surface area contributed by atoms with E-state index in [9.17, 15) is 4.39 Å². The maximum Gasteiger partial charge on any atom is 0.136 e. The second-order valence-corrected chi connectivity index (χ2v) is 5.32. The van der Waals surface area contributed by atoms with Gasteiger partial charge in [-0.15, -0.1) is 11.8 Å². The van der Waals surface area contributed by atoms with E-state index in [0.717, 1.165) is 5.56 Å². The van der Waals surface area contributed by atoms with Crippen molar-refractivity contribution in [2.24, 2.45) is 5.73 Å².